The van der Waals surface area contributed by atoms with E-state index in [9.17, 15) is 41.9 Å². The number of rotatable bonds is 15. The third kappa shape index (κ3) is 43.6. The molecule has 0 aromatic heterocycles. The van der Waals surface area contributed by atoms with Crippen molar-refractivity contribution in [3.63, 3.8) is 0 Å². The molecule has 8 aliphatic heterocycles. The van der Waals surface area contributed by atoms with Crippen molar-refractivity contribution in [2.75, 3.05) is 85.9 Å². The number of hydrogen-bond donors (Lipinski definition) is 11. The van der Waals surface area contributed by atoms with E-state index in [2.05, 4.69) is 64.6 Å². The van der Waals surface area contributed by atoms with Crippen LogP contribution in [-0.2, 0) is 75.8 Å². The van der Waals surface area contributed by atoms with Crippen LogP contribution >= 0.6 is 0 Å². The predicted octanol–water partition coefficient (Wildman–Crippen LogP) is 3.34. The van der Waals surface area contributed by atoms with Gasteiger partial charge in [-0.25, -0.2) is 0 Å². The van der Waals surface area contributed by atoms with Gasteiger partial charge < -0.3 is 128 Å². The first-order valence-electron chi connectivity index (χ1n) is 35.1. The minimum Gasteiger partial charge on any atom is -1.00 e. The number of ether oxygens (including phenoxy) is 6. The minimum absolute atomic E-state index is 0. The van der Waals surface area contributed by atoms with Gasteiger partial charge in [-0.15, -0.1) is 13.2 Å². The number of carbonyl (C=O) groups is 6. The molecule has 0 bridgehead atoms. The summed E-state index contributed by atoms with van der Waals surface area (Å²) in [6.45, 7) is 50.0. The van der Waals surface area contributed by atoms with Crippen molar-refractivity contribution in [3.8, 4) is 0 Å². The second-order valence-corrected chi connectivity index (χ2v) is 32.1. The summed E-state index contributed by atoms with van der Waals surface area (Å²) in [7, 11) is -1.48. The molecule has 7 saturated heterocycles. The fourth-order valence-corrected chi connectivity index (χ4v) is 10.8. The summed E-state index contributed by atoms with van der Waals surface area (Å²) in [5.74, 6) is -0.903. The van der Waals surface area contributed by atoms with Crippen LogP contribution in [0.4, 0.5) is 13.2 Å². The number of Topliss-reactive ketones (excluding diaryl/α,β-unsaturated/α-hetero) is 1. The van der Waals surface area contributed by atoms with E-state index < -0.39 is 60.9 Å². The van der Waals surface area contributed by atoms with Crippen molar-refractivity contribution in [3.05, 3.63) is 50.6 Å². The Labute approximate surface area is 663 Å². The first-order valence-corrected chi connectivity index (χ1v) is 35.1. The van der Waals surface area contributed by atoms with Gasteiger partial charge in [-0.2, -0.15) is 13.2 Å². The second kappa shape index (κ2) is 50.1. The molecule has 9 atom stereocenters. The van der Waals surface area contributed by atoms with Gasteiger partial charge in [0.1, 0.15) is 30.9 Å². The monoisotopic (exact) mass is 1610 g/mol. The van der Waals surface area contributed by atoms with Crippen LogP contribution in [0.3, 0.4) is 0 Å². The van der Waals surface area contributed by atoms with E-state index in [4.69, 9.17) is 93.9 Å². The maximum atomic E-state index is 12.7. The second-order valence-electron chi connectivity index (χ2n) is 32.1. The number of aliphatic hydroxyl groups excluding tert-OH is 1. The quantitative estimate of drug-likeness (QED) is 0.0636. The maximum absolute atomic E-state index is 12.7. The average molecular weight is 1610 g/mol. The van der Waals surface area contributed by atoms with Crippen LogP contribution in [0.25, 0.3) is 0 Å². The van der Waals surface area contributed by atoms with E-state index in [0.717, 1.165) is 25.6 Å². The minimum atomic E-state index is -4.40. The molecule has 27 nitrogen and oxygen atoms in total. The van der Waals surface area contributed by atoms with Gasteiger partial charge >= 0.3 is 70.2 Å². The SMILES string of the molecule is C.C=CC1COCC(=O)C1.C=CC1COCC(C)(C(=O)NC(C)(C)C)C1.CC(C)(C)NC(=O)C1(C)COCC(CCB2OC(C)(C)C(C)(C)O2)C1.CC1(C)O[B]OC1(C)C.NC1(C(=O)O)COCC(CCB(O)O)C1.N[C@@]1(C(=O)O)COC[C@H](CCB(O)O)C1.O=C1C=CCOC1.OCC(F)(F)F.[Br-].[CH-]=C.[Mg+2]. The largest absolute Gasteiger partial charge is 2.00 e. The van der Waals surface area contributed by atoms with E-state index in [1.165, 1.54) is 7.69 Å². The van der Waals surface area contributed by atoms with Crippen molar-refractivity contribution in [2.24, 2.45) is 51.9 Å². The Balaban J connectivity index is -0.000000583. The Kier molecular flexibility index (Phi) is 51.6. The van der Waals surface area contributed by atoms with Gasteiger partial charge in [-0.3, -0.25) is 35.3 Å². The molecular formula is C71H129B4BrF3MgN4O23. The van der Waals surface area contributed by atoms with Gasteiger partial charge in [0.25, 0.3) is 0 Å². The molecule has 7 unspecified atom stereocenters. The van der Waals surface area contributed by atoms with Crippen molar-refractivity contribution in [1.82, 2.24) is 10.6 Å². The number of nitrogens with two attached hydrogens (primary N) is 2. The topological polar surface area (TPSA) is 412 Å². The van der Waals surface area contributed by atoms with Crippen LogP contribution in [0.5, 0.6) is 0 Å². The van der Waals surface area contributed by atoms with Crippen LogP contribution in [-0.4, -0.2) is 259 Å². The standard InChI is InChI=1S/C19H36BNO4.C13H23NO2.2C8H16BNO5.C7H10O2.C6H12BO2.C5H6O2.C2H3F3O.C2H3.CH4.BrH.Mg/c1-16(2,3)21-15(22)19(8)11-14(12-23-13-19)9-10-20-24-17(4,5)18(6,7)25-20;1-6-10-7-13(5,9-16-8-10)11(15)14-12(2,3)4;2*10-8(7(11)12)3-6(4-15-5-8)1-2-9(13)14;1-2-6-3-7(8)5-9-4-6;1-5(2)6(3,4)9-7-8-5;6-5-2-1-3-7-4-5;3-2(4,5)1-6;1-2;;;/h14H,9-13H2,1-8H3,(H,21,22);6,10H,1,7-9H2,2-5H3,(H,14,15);2*6,13-14H,1-5,10H2,(H,11,12);2,6H,1,3-5H2;1-4H3;1-2H,3-4H2;6H,1H2;1H,2H2;1H4;1H;/q;;;;;;;;-1;;;+2/p-1/t;;6-,8-;;;;;;;;;/m..1........./s1. The first-order chi connectivity index (χ1) is 47.6. The van der Waals surface area contributed by atoms with Crippen LogP contribution in [0, 0.1) is 47.0 Å². The molecule has 8 rings (SSSR count). The molecular weight excluding hydrogens is 1480 g/mol. The van der Waals surface area contributed by atoms with Gasteiger partial charge in [0, 0.05) is 49.2 Å². The van der Waals surface area contributed by atoms with Crippen molar-refractivity contribution < 1.29 is 141 Å². The molecule has 0 aromatic carbocycles. The number of carboxylic acid groups (broad SMARTS) is 2. The van der Waals surface area contributed by atoms with E-state index in [0.29, 0.717) is 97.5 Å². The van der Waals surface area contributed by atoms with Crippen LogP contribution in [0.1, 0.15) is 170 Å². The number of carbonyl (C=O) groups excluding carboxylic acids is 4. The summed E-state index contributed by atoms with van der Waals surface area (Å²) in [5.41, 5.74) is 6.37. The van der Waals surface area contributed by atoms with Crippen molar-refractivity contribution in [1.29, 1.82) is 0 Å². The maximum Gasteiger partial charge on any atom is 2.00 e. The zero-order valence-corrected chi connectivity index (χ0v) is 68.7. The van der Waals surface area contributed by atoms with E-state index >= 15 is 0 Å². The molecule has 8 heterocycles. The van der Waals surface area contributed by atoms with Gasteiger partial charge in [-0.05, 0) is 199 Å². The molecule has 2 amide bonds. The number of amides is 2. The molecule has 107 heavy (non-hydrogen) atoms. The number of nitrogens with one attached hydrogen (secondary N) is 2. The molecule has 0 saturated carbocycles. The number of alkyl halides is 3. The third-order valence-corrected chi connectivity index (χ3v) is 18.2. The predicted molar refractivity (Wildman–Crippen MR) is 402 cm³/mol. The van der Waals surface area contributed by atoms with Gasteiger partial charge in [0.15, 0.2) is 11.6 Å². The number of aliphatic hydroxyl groups is 1. The smallest absolute Gasteiger partial charge is 1.00 e. The van der Waals surface area contributed by atoms with Gasteiger partial charge in [0.05, 0.1) is 79.5 Å². The normalized spacial score (nSPS) is 27.7. The molecule has 0 aromatic rings. The molecule has 0 spiro atoms. The van der Waals surface area contributed by atoms with E-state index in [1.54, 1.807) is 18.2 Å². The van der Waals surface area contributed by atoms with Gasteiger partial charge in [-0.1, -0.05) is 25.7 Å². The summed E-state index contributed by atoms with van der Waals surface area (Å²) in [6.07, 6.45) is 8.61. The average Bonchev–Trinajstić information content (AvgIpc) is 1.66. The van der Waals surface area contributed by atoms with Crippen LogP contribution in [0.2, 0.25) is 19.0 Å². The van der Waals surface area contributed by atoms with Crippen LogP contribution < -0.4 is 39.1 Å². The number of ketones is 2. The summed E-state index contributed by atoms with van der Waals surface area (Å²) in [6, 6.07) is 0. The molecule has 36 heteroatoms. The number of halogens is 4. The summed E-state index contributed by atoms with van der Waals surface area (Å²) in [5, 5.41) is 65.9. The number of aliphatic carboxylic acids is 2. The molecule has 613 valence electrons. The summed E-state index contributed by atoms with van der Waals surface area (Å²) < 4.78 is 85.4. The van der Waals surface area contributed by atoms with Gasteiger partial charge in [0.2, 0.25) is 11.8 Å². The van der Waals surface area contributed by atoms with Crippen LogP contribution in [0.15, 0.2) is 44.0 Å². The zero-order chi connectivity index (χ0) is 80.6. The summed E-state index contributed by atoms with van der Waals surface area (Å²) >= 11 is 0. The van der Waals surface area contributed by atoms with E-state index in [1.807, 2.05) is 89.2 Å². The molecule has 0 aliphatic carbocycles. The molecule has 7 fully saturated rings. The Morgan fingerprint density at radius 3 is 1.29 bits per heavy atom. The Bertz CT molecular complexity index is 2610. The Morgan fingerprint density at radius 2 is 0.991 bits per heavy atom. The fraction of sp³-hybridized carbons (Fsp3) is 0.803. The first kappa shape index (κ1) is 110. The van der Waals surface area contributed by atoms with Crippen molar-refractivity contribution >= 4 is 87.4 Å². The molecule has 1 radical (unpaired) electrons. The molecule has 8 aliphatic rings. The Morgan fingerprint density at radius 1 is 0.617 bits per heavy atom. The number of carboxylic acids is 2. The van der Waals surface area contributed by atoms with E-state index in [-0.39, 0.29) is 168 Å². The molecule has 13 N–H and O–H groups in total. The third-order valence-electron chi connectivity index (χ3n) is 18.2. The van der Waals surface area contributed by atoms with Crippen molar-refractivity contribution in [2.45, 2.75) is 239 Å². The summed E-state index contributed by atoms with van der Waals surface area (Å²) in [4.78, 5) is 67.5. The Hall–Kier alpha value is -3.20. The fourth-order valence-electron chi connectivity index (χ4n) is 10.8. The zero-order valence-electron chi connectivity index (χ0n) is 65.7. The number of hydrogen-bond acceptors (Lipinski definition) is 23.